The molecule has 1 aromatic heterocycles. The third-order valence-electron chi connectivity index (χ3n) is 2.52. The Labute approximate surface area is 101 Å². The standard InChI is InChI=1S/C12H17N3S/c1-12(2)6-8-16-11(15-12)14-9-10-5-3-4-7-13-10/h3-5,7H,6,8-9H2,1-2H3,(H,14,15). The van der Waals surface area contributed by atoms with Crippen LogP contribution < -0.4 is 5.32 Å². The molecule has 0 atom stereocenters. The molecule has 16 heavy (non-hydrogen) atoms. The van der Waals surface area contributed by atoms with Crippen LogP contribution in [0.4, 0.5) is 0 Å². The van der Waals surface area contributed by atoms with E-state index >= 15 is 0 Å². The second-order valence-corrected chi connectivity index (χ2v) is 5.63. The fourth-order valence-corrected chi connectivity index (χ4v) is 2.83. The highest BCUT2D eigenvalue weighted by Gasteiger charge is 2.23. The number of aromatic nitrogens is 1. The first-order valence-electron chi connectivity index (χ1n) is 5.51. The zero-order valence-electron chi connectivity index (χ0n) is 9.73. The number of nitrogens with zero attached hydrogens (tertiary/aromatic N) is 2. The lowest BCUT2D eigenvalue weighted by Gasteiger charge is -2.32. The van der Waals surface area contributed by atoms with Crippen molar-refractivity contribution in [3.05, 3.63) is 30.1 Å². The number of nitrogens with one attached hydrogen (secondary N) is 1. The maximum Gasteiger partial charge on any atom is 0.157 e. The lowest BCUT2D eigenvalue weighted by atomic mass is 10.0. The maximum absolute atomic E-state index is 4.56. The highest BCUT2D eigenvalue weighted by atomic mass is 32.2. The molecular formula is C12H17N3S. The van der Waals surface area contributed by atoms with Gasteiger partial charge in [0.25, 0.3) is 0 Å². The Morgan fingerprint density at radius 2 is 2.38 bits per heavy atom. The Bertz CT molecular complexity index is 373. The van der Waals surface area contributed by atoms with E-state index in [0.717, 1.165) is 16.6 Å². The van der Waals surface area contributed by atoms with Crippen molar-refractivity contribution in [3.63, 3.8) is 0 Å². The summed E-state index contributed by atoms with van der Waals surface area (Å²) in [6, 6.07) is 5.92. The average molecular weight is 235 g/mol. The van der Waals surface area contributed by atoms with Crippen LogP contribution in [-0.4, -0.2) is 21.4 Å². The summed E-state index contributed by atoms with van der Waals surface area (Å²) >= 11 is 1.80. The van der Waals surface area contributed by atoms with Crippen LogP contribution in [0.2, 0.25) is 0 Å². The highest BCUT2D eigenvalue weighted by Crippen LogP contribution is 2.21. The molecule has 0 aromatic carbocycles. The summed E-state index contributed by atoms with van der Waals surface area (Å²) in [5.41, 5.74) is 1.19. The molecule has 1 N–H and O–H groups in total. The number of aliphatic imine (C=N–C) groups is 1. The van der Waals surface area contributed by atoms with E-state index in [-0.39, 0.29) is 5.54 Å². The fraction of sp³-hybridized carbons (Fsp3) is 0.500. The third-order valence-corrected chi connectivity index (χ3v) is 3.43. The van der Waals surface area contributed by atoms with E-state index in [1.54, 1.807) is 18.0 Å². The highest BCUT2D eigenvalue weighted by molar-refractivity contribution is 8.13. The Morgan fingerprint density at radius 3 is 3.06 bits per heavy atom. The van der Waals surface area contributed by atoms with Gasteiger partial charge in [-0.1, -0.05) is 17.8 Å². The number of hydrogen-bond donors (Lipinski definition) is 1. The molecule has 0 aliphatic carbocycles. The van der Waals surface area contributed by atoms with Crippen LogP contribution in [-0.2, 0) is 6.54 Å². The number of amidine groups is 1. The normalized spacial score (nSPS) is 21.8. The molecule has 1 aromatic rings. The molecule has 1 aliphatic heterocycles. The van der Waals surface area contributed by atoms with Gasteiger partial charge >= 0.3 is 0 Å². The quantitative estimate of drug-likeness (QED) is 0.855. The smallest absolute Gasteiger partial charge is 0.157 e. The zero-order chi connectivity index (χ0) is 11.4. The van der Waals surface area contributed by atoms with Crippen molar-refractivity contribution in [2.24, 2.45) is 4.99 Å². The van der Waals surface area contributed by atoms with Gasteiger partial charge in [-0.2, -0.15) is 0 Å². The lowest BCUT2D eigenvalue weighted by Crippen LogP contribution is -2.46. The van der Waals surface area contributed by atoms with Gasteiger partial charge in [0.15, 0.2) is 5.17 Å². The van der Waals surface area contributed by atoms with E-state index in [4.69, 9.17) is 0 Å². The lowest BCUT2D eigenvalue weighted by molar-refractivity contribution is 0.446. The minimum atomic E-state index is 0.175. The average Bonchev–Trinajstić information content (AvgIpc) is 2.27. The largest absolute Gasteiger partial charge is 0.360 e. The number of thioether (sulfide) groups is 1. The summed E-state index contributed by atoms with van der Waals surface area (Å²) in [5, 5.41) is 4.49. The first-order chi connectivity index (χ1) is 7.66. The second-order valence-electron chi connectivity index (χ2n) is 4.55. The second kappa shape index (κ2) is 4.87. The zero-order valence-corrected chi connectivity index (χ0v) is 10.5. The van der Waals surface area contributed by atoms with Gasteiger partial charge in [-0.15, -0.1) is 0 Å². The van der Waals surface area contributed by atoms with E-state index in [1.807, 2.05) is 18.2 Å². The molecule has 86 valence electrons. The Kier molecular flexibility index (Phi) is 3.49. The molecule has 0 saturated carbocycles. The molecule has 3 nitrogen and oxygen atoms in total. The summed E-state index contributed by atoms with van der Waals surface area (Å²) < 4.78 is 0. The molecular weight excluding hydrogens is 218 g/mol. The predicted octanol–water partition coefficient (Wildman–Crippen LogP) is 2.44. The van der Waals surface area contributed by atoms with E-state index in [0.29, 0.717) is 6.54 Å². The van der Waals surface area contributed by atoms with Crippen molar-refractivity contribution in [3.8, 4) is 0 Å². The molecule has 0 bridgehead atoms. The molecule has 0 spiro atoms. The van der Waals surface area contributed by atoms with Crippen LogP contribution >= 0.6 is 11.8 Å². The fourth-order valence-electron chi connectivity index (χ4n) is 1.52. The van der Waals surface area contributed by atoms with Gasteiger partial charge < -0.3 is 5.32 Å². The van der Waals surface area contributed by atoms with Crippen molar-refractivity contribution in [1.29, 1.82) is 0 Å². The topological polar surface area (TPSA) is 37.3 Å². The van der Waals surface area contributed by atoms with Gasteiger partial charge in [0.05, 0.1) is 12.2 Å². The van der Waals surface area contributed by atoms with Gasteiger partial charge in [-0.25, -0.2) is 0 Å². The van der Waals surface area contributed by atoms with E-state index in [1.165, 1.54) is 6.42 Å². The molecule has 1 saturated heterocycles. The van der Waals surface area contributed by atoms with Crippen LogP contribution in [0.15, 0.2) is 29.4 Å². The first kappa shape index (κ1) is 11.5. The van der Waals surface area contributed by atoms with Gasteiger partial charge in [-0.05, 0) is 32.4 Å². The van der Waals surface area contributed by atoms with Gasteiger partial charge in [-0.3, -0.25) is 9.98 Å². The first-order valence-corrected chi connectivity index (χ1v) is 6.50. The molecule has 0 unspecified atom stereocenters. The molecule has 1 aliphatic rings. The van der Waals surface area contributed by atoms with Crippen LogP contribution in [0.3, 0.4) is 0 Å². The molecule has 4 heteroatoms. The summed E-state index contributed by atoms with van der Waals surface area (Å²) in [6.45, 7) is 5.08. The monoisotopic (exact) mass is 235 g/mol. The van der Waals surface area contributed by atoms with E-state index < -0.39 is 0 Å². The van der Waals surface area contributed by atoms with E-state index in [2.05, 4.69) is 29.1 Å². The van der Waals surface area contributed by atoms with Gasteiger partial charge in [0, 0.05) is 17.5 Å². The van der Waals surface area contributed by atoms with Crippen molar-refractivity contribution in [2.45, 2.75) is 32.4 Å². The number of rotatable bonds is 2. The van der Waals surface area contributed by atoms with Crippen LogP contribution in [0.25, 0.3) is 0 Å². The van der Waals surface area contributed by atoms with Crippen LogP contribution in [0.1, 0.15) is 26.0 Å². The molecule has 0 amide bonds. The summed E-state index contributed by atoms with van der Waals surface area (Å²) in [5.74, 6) is 1.14. The summed E-state index contributed by atoms with van der Waals surface area (Å²) in [4.78, 5) is 8.81. The van der Waals surface area contributed by atoms with Crippen molar-refractivity contribution in [1.82, 2.24) is 10.3 Å². The van der Waals surface area contributed by atoms with Gasteiger partial charge in [0.1, 0.15) is 0 Å². The Morgan fingerprint density at radius 1 is 1.50 bits per heavy atom. The molecule has 0 radical (unpaired) electrons. The predicted molar refractivity (Wildman–Crippen MR) is 69.7 cm³/mol. The minimum Gasteiger partial charge on any atom is -0.360 e. The maximum atomic E-state index is 4.56. The van der Waals surface area contributed by atoms with Gasteiger partial charge in [0.2, 0.25) is 0 Å². The van der Waals surface area contributed by atoms with Crippen molar-refractivity contribution < 1.29 is 0 Å². The summed E-state index contributed by atoms with van der Waals surface area (Å²) in [6.07, 6.45) is 2.99. The van der Waals surface area contributed by atoms with Crippen LogP contribution in [0, 0.1) is 0 Å². The van der Waals surface area contributed by atoms with Crippen LogP contribution in [0.5, 0.6) is 0 Å². The Balaban J connectivity index is 1.97. The molecule has 2 heterocycles. The number of pyridine rings is 1. The third kappa shape index (κ3) is 3.23. The van der Waals surface area contributed by atoms with Crippen molar-refractivity contribution >= 4 is 16.9 Å². The minimum absolute atomic E-state index is 0.175. The molecule has 2 rings (SSSR count). The van der Waals surface area contributed by atoms with Crippen molar-refractivity contribution in [2.75, 3.05) is 5.75 Å². The Hall–Kier alpha value is -1.03. The SMILES string of the molecule is CC1(C)CCSC(=NCc2ccccn2)N1. The molecule has 1 fully saturated rings. The summed E-state index contributed by atoms with van der Waals surface area (Å²) in [7, 11) is 0. The number of hydrogen-bond acceptors (Lipinski definition) is 3. The van der Waals surface area contributed by atoms with E-state index in [9.17, 15) is 0 Å².